The maximum absolute atomic E-state index is 13.9. The lowest BCUT2D eigenvalue weighted by Crippen LogP contribution is -2.47. The predicted molar refractivity (Wildman–Crippen MR) is 283 cm³/mol. The molecule has 6 aromatic rings. The van der Waals surface area contributed by atoms with Crippen molar-refractivity contribution in [2.75, 3.05) is 25.1 Å². The van der Waals surface area contributed by atoms with Gasteiger partial charge in [-0.3, -0.25) is 62.7 Å². The second-order valence-corrected chi connectivity index (χ2v) is 20.0. The summed E-state index contributed by atoms with van der Waals surface area (Å²) >= 11 is 2.31. The van der Waals surface area contributed by atoms with Crippen LogP contribution in [-0.4, -0.2) is 124 Å². The molecule has 7 N–H and O–H groups in total. The third kappa shape index (κ3) is 13.9. The number of benzene rings is 1. The van der Waals surface area contributed by atoms with Crippen LogP contribution >= 0.6 is 22.7 Å². The van der Waals surface area contributed by atoms with Gasteiger partial charge in [-0.1, -0.05) is 44.3 Å². The van der Waals surface area contributed by atoms with Crippen LogP contribution in [0.25, 0.3) is 21.4 Å². The first-order chi connectivity index (χ1) is 37.6. The molecule has 7 rings (SSSR count). The van der Waals surface area contributed by atoms with Gasteiger partial charge in [0, 0.05) is 63.2 Å². The highest BCUT2D eigenvalue weighted by molar-refractivity contribution is 7.16. The number of ketones is 1. The van der Waals surface area contributed by atoms with E-state index >= 15 is 0 Å². The number of hydrogen-bond donors (Lipinski definition) is 5. The minimum atomic E-state index is -1.35. The van der Waals surface area contributed by atoms with Crippen molar-refractivity contribution in [3.8, 4) is 5.75 Å². The minimum Gasteiger partial charge on any atom is -0.491 e. The fourth-order valence-electron chi connectivity index (χ4n) is 8.15. The molecule has 1 aliphatic heterocycles. The number of oxazole rings is 1. The van der Waals surface area contributed by atoms with Crippen LogP contribution in [0.15, 0.2) is 58.1 Å². The van der Waals surface area contributed by atoms with Crippen LogP contribution in [0.4, 0.5) is 5.95 Å². The number of aliphatic carboxylic acids is 1. The second-order valence-electron chi connectivity index (χ2n) is 17.8. The number of nitrogens with two attached hydrogens (primary N) is 2. The van der Waals surface area contributed by atoms with Crippen molar-refractivity contribution in [2.45, 2.75) is 92.3 Å². The maximum atomic E-state index is 13.9. The van der Waals surface area contributed by atoms with E-state index in [-0.39, 0.29) is 78.0 Å². The van der Waals surface area contributed by atoms with Gasteiger partial charge >= 0.3 is 17.8 Å². The quantitative estimate of drug-likeness (QED) is 0.0225. The number of aryl methyl sites for hydroxylation is 4. The highest BCUT2D eigenvalue weighted by Gasteiger charge is 2.31. The summed E-state index contributed by atoms with van der Waals surface area (Å²) < 4.78 is 21.1. The van der Waals surface area contributed by atoms with E-state index in [1.165, 1.54) is 36.6 Å². The Labute approximate surface area is 456 Å². The number of rotatable bonds is 26. The number of carboxylic acids is 1. The molecule has 5 aromatic heterocycles. The van der Waals surface area contributed by atoms with Crippen LogP contribution in [0.2, 0.25) is 0 Å². The summed E-state index contributed by atoms with van der Waals surface area (Å²) in [7, 11) is 0. The van der Waals surface area contributed by atoms with Crippen molar-refractivity contribution < 1.29 is 66.9 Å². The Balaban J connectivity index is 1.10. The number of carbonyl (C=O) groups excluding carboxylic acids is 9. The lowest BCUT2D eigenvalue weighted by Gasteiger charge is -2.20. The number of anilines is 1. The highest BCUT2D eigenvalue weighted by atomic mass is 32.1. The number of esters is 1. The number of carbonyl (C=O) groups is 10. The molecule has 6 heterocycles. The molecule has 1 aliphatic rings. The minimum absolute atomic E-state index is 0.0100. The number of pyridine rings is 1. The monoisotopic (exact) mass is 1120 g/mol. The molecule has 7 amide bonds. The van der Waals surface area contributed by atoms with Crippen LogP contribution in [0.1, 0.15) is 110 Å². The Morgan fingerprint density at radius 1 is 0.886 bits per heavy atom. The largest absolute Gasteiger partial charge is 0.491 e. The molecular formula is C51H54N12O14S2. The Morgan fingerprint density at radius 3 is 2.25 bits per heavy atom. The van der Waals surface area contributed by atoms with Gasteiger partial charge in [0.2, 0.25) is 29.4 Å². The topological polar surface area (TPSA) is 376 Å². The Morgan fingerprint density at radius 2 is 1.58 bits per heavy atom. The summed E-state index contributed by atoms with van der Waals surface area (Å²) in [4.78, 5) is 150. The van der Waals surface area contributed by atoms with Gasteiger partial charge in [-0.25, -0.2) is 19.9 Å². The number of thiazole rings is 2. The number of carboxylic acid groups (broad SMARTS) is 1. The van der Waals surface area contributed by atoms with Crippen LogP contribution in [0, 0.1) is 19.8 Å². The molecule has 0 aliphatic carbocycles. The lowest BCUT2D eigenvalue weighted by atomic mass is 9.97. The number of aromatic nitrogens is 6. The molecule has 0 radical (unpaired) electrons. The van der Waals surface area contributed by atoms with Crippen LogP contribution in [0.5, 0.6) is 5.75 Å². The SMILES string of the molecule is CCc1nc(C)oc1C(=O)N=c1sc2cc(C(N)=O)cnc2n1C/C=C/Cn1c(NC(=O)c2sc(C)nc2CC)nc2cc(C(N)=O)cc(OCCCOC(=O)[C@H](C)CC(=O)[C@H](CCC(=O)O)NC(=O)CN3C(=O)C=CC3=O)c21. The van der Waals surface area contributed by atoms with Crippen molar-refractivity contribution in [1.82, 2.24) is 39.3 Å². The van der Waals surface area contributed by atoms with Crippen LogP contribution in [0.3, 0.4) is 0 Å². The molecule has 0 spiro atoms. The molecule has 26 nitrogen and oxygen atoms in total. The summed E-state index contributed by atoms with van der Waals surface area (Å²) in [5, 5.41) is 15.2. The molecule has 2 atom stereocenters. The Bertz CT molecular complexity index is 3570. The van der Waals surface area contributed by atoms with E-state index in [1.54, 1.807) is 41.2 Å². The van der Waals surface area contributed by atoms with Gasteiger partial charge in [0.05, 0.1) is 57.3 Å². The first-order valence-corrected chi connectivity index (χ1v) is 26.3. The van der Waals surface area contributed by atoms with E-state index in [4.69, 9.17) is 30.3 Å². The summed E-state index contributed by atoms with van der Waals surface area (Å²) in [6.07, 6.45) is 6.48. The zero-order chi connectivity index (χ0) is 57.2. The predicted octanol–water partition coefficient (Wildman–Crippen LogP) is 3.26. The fraction of sp³-hybridized carbons (Fsp3) is 0.353. The molecule has 0 bridgehead atoms. The van der Waals surface area contributed by atoms with Gasteiger partial charge in [-0.15, -0.1) is 11.3 Å². The normalized spacial score (nSPS) is 13.4. The van der Waals surface area contributed by atoms with Crippen molar-refractivity contribution in [3.05, 3.63) is 97.6 Å². The average Bonchev–Trinajstić information content (AvgIpc) is 4.29. The molecule has 0 fully saturated rings. The molecule has 79 heavy (non-hydrogen) atoms. The zero-order valence-corrected chi connectivity index (χ0v) is 45.0. The molecular weight excluding hydrogens is 1070 g/mol. The molecule has 28 heteroatoms. The van der Waals surface area contributed by atoms with Crippen molar-refractivity contribution in [2.24, 2.45) is 22.4 Å². The number of amides is 7. The van der Waals surface area contributed by atoms with Gasteiger partial charge in [0.25, 0.3) is 17.7 Å². The number of primary amides is 2. The molecule has 0 saturated heterocycles. The van der Waals surface area contributed by atoms with E-state index in [0.29, 0.717) is 60.8 Å². The highest BCUT2D eigenvalue weighted by Crippen LogP contribution is 2.32. The van der Waals surface area contributed by atoms with Crippen LogP contribution in [-0.2, 0) is 59.4 Å². The molecule has 1 aromatic carbocycles. The van der Waals surface area contributed by atoms with Gasteiger partial charge in [0.1, 0.15) is 22.7 Å². The third-order valence-electron chi connectivity index (χ3n) is 12.0. The van der Waals surface area contributed by atoms with E-state index in [0.717, 1.165) is 23.5 Å². The molecule has 414 valence electrons. The first-order valence-electron chi connectivity index (χ1n) is 24.6. The fourth-order valence-corrected chi connectivity index (χ4v) is 10.1. The number of imide groups is 1. The molecule has 0 unspecified atom stereocenters. The van der Waals surface area contributed by atoms with Gasteiger partial charge in [0.15, 0.2) is 22.1 Å². The van der Waals surface area contributed by atoms with E-state index in [9.17, 15) is 53.1 Å². The van der Waals surface area contributed by atoms with E-state index in [2.05, 4.69) is 30.6 Å². The standard InChI is InChI=1S/C51H54N12O14S2/c1-6-30-42(77-26(4)55-30)47(72)60-51-62(46-36(79-51)22-29(23-54-46)45(53)71)16-9-8-15-61-41-33(58-50(61)59-48(73)43-31(7-2)56-27(5)78-43)20-28(44(52)70)21-35(41)75-17-10-18-76-49(74)25(3)19-34(64)32(11-14-40(68)69)57-37(65)24-63-38(66)12-13-39(63)67/h8-9,12-13,20-23,25,32H,6-7,10-11,14-19,24H2,1-5H3,(H2,52,70)(H2,53,71)(H,57,65)(H,68,69)(H,58,59,73)/b9-8+,60-51?/t25-,32+/m1/s1. The third-order valence-corrected chi connectivity index (χ3v) is 14.0. The lowest BCUT2D eigenvalue weighted by molar-refractivity contribution is -0.150. The Hall–Kier alpha value is -9.05. The van der Waals surface area contributed by atoms with Crippen molar-refractivity contribution in [1.29, 1.82) is 0 Å². The second kappa shape index (κ2) is 25.4. The number of Topliss-reactive ketones (excluding diaryl/α,β-unsaturated/α-hetero) is 1. The average molecular weight is 1120 g/mol. The number of allylic oxidation sites excluding steroid dienone is 2. The smallest absolute Gasteiger partial charge is 0.317 e. The zero-order valence-electron chi connectivity index (χ0n) is 43.4. The number of nitrogens with one attached hydrogen (secondary N) is 2. The van der Waals surface area contributed by atoms with Gasteiger partial charge in [-0.05, 0) is 44.4 Å². The number of imidazole rings is 1. The number of hydrogen-bond acceptors (Lipinski definition) is 19. The first kappa shape index (κ1) is 57.7. The molecule has 0 saturated carbocycles. The van der Waals surface area contributed by atoms with Crippen molar-refractivity contribution in [3.63, 3.8) is 0 Å². The maximum Gasteiger partial charge on any atom is 0.317 e. The number of nitrogens with zero attached hydrogens (tertiary/aromatic N) is 8. The summed E-state index contributed by atoms with van der Waals surface area (Å²) in [5.41, 5.74) is 13.4. The van der Waals surface area contributed by atoms with Gasteiger partial charge < -0.3 is 40.3 Å². The van der Waals surface area contributed by atoms with Crippen molar-refractivity contribution >= 4 is 109 Å². The van der Waals surface area contributed by atoms with E-state index in [1.807, 2.05) is 13.8 Å². The summed E-state index contributed by atoms with van der Waals surface area (Å²) in [5.74, 6) is -8.31. The number of fused-ring (bicyclic) bond motifs is 2. The Kier molecular flexibility index (Phi) is 18.5. The summed E-state index contributed by atoms with van der Waals surface area (Å²) in [6.45, 7) is 7.61. The van der Waals surface area contributed by atoms with Crippen LogP contribution < -0.4 is 31.6 Å². The summed E-state index contributed by atoms with van der Waals surface area (Å²) in [6, 6.07) is 3.04. The number of ether oxygens (including phenoxy) is 2. The van der Waals surface area contributed by atoms with Gasteiger partial charge in [-0.2, -0.15) is 4.99 Å². The van der Waals surface area contributed by atoms with E-state index < -0.39 is 90.4 Å².